The third-order valence-electron chi connectivity index (χ3n) is 4.11. The highest BCUT2D eigenvalue weighted by Gasteiger charge is 2.22. The molecule has 1 aromatic carbocycles. The van der Waals surface area contributed by atoms with Crippen molar-refractivity contribution >= 4 is 28.4 Å². The van der Waals surface area contributed by atoms with Crippen LogP contribution in [0.2, 0.25) is 0 Å². The van der Waals surface area contributed by atoms with Gasteiger partial charge in [-0.1, -0.05) is 6.07 Å². The molecule has 116 valence electrons. The Morgan fingerprint density at radius 2 is 1.91 bits per heavy atom. The lowest BCUT2D eigenvalue weighted by molar-refractivity contribution is 0.779. The first-order chi connectivity index (χ1) is 11.3. The van der Waals surface area contributed by atoms with Crippen LogP contribution in [0.25, 0.3) is 17.1 Å². The van der Waals surface area contributed by atoms with Crippen molar-refractivity contribution in [2.75, 3.05) is 11.9 Å². The summed E-state index contributed by atoms with van der Waals surface area (Å²) < 4.78 is 3.25. The minimum atomic E-state index is 0.941. The number of halogens is 1. The van der Waals surface area contributed by atoms with Crippen LogP contribution < -0.4 is 5.32 Å². The van der Waals surface area contributed by atoms with Gasteiger partial charge in [0.1, 0.15) is 11.5 Å². The first-order valence-corrected chi connectivity index (χ1v) is 8.94. The van der Waals surface area contributed by atoms with Crippen LogP contribution in [0.3, 0.4) is 0 Å². The van der Waals surface area contributed by atoms with Gasteiger partial charge < -0.3 is 5.32 Å². The highest BCUT2D eigenvalue weighted by Crippen LogP contribution is 2.33. The van der Waals surface area contributed by atoms with Crippen molar-refractivity contribution in [1.29, 1.82) is 0 Å². The molecule has 0 radical (unpaired) electrons. The van der Waals surface area contributed by atoms with Gasteiger partial charge in [-0.2, -0.15) is 5.10 Å². The second-order valence-electron chi connectivity index (χ2n) is 5.66. The predicted octanol–water partition coefficient (Wildman–Crippen LogP) is 4.29. The molecule has 0 bridgehead atoms. The smallest absolute Gasteiger partial charge is 0.133 e. The molecule has 2 aromatic heterocycles. The number of anilines is 1. The monoisotopic (exact) mass is 416 g/mol. The zero-order valence-electron chi connectivity index (χ0n) is 12.7. The van der Waals surface area contributed by atoms with E-state index in [1.54, 1.807) is 0 Å². The molecule has 0 saturated carbocycles. The van der Waals surface area contributed by atoms with Gasteiger partial charge in [-0.25, -0.2) is 4.68 Å². The van der Waals surface area contributed by atoms with Crippen molar-refractivity contribution in [3.8, 4) is 17.1 Å². The lowest BCUT2D eigenvalue weighted by Crippen LogP contribution is -2.07. The van der Waals surface area contributed by atoms with Crippen LogP contribution >= 0.6 is 22.6 Å². The maximum atomic E-state index is 4.89. The van der Waals surface area contributed by atoms with Crippen LogP contribution in [0.5, 0.6) is 0 Å². The van der Waals surface area contributed by atoms with Crippen molar-refractivity contribution in [1.82, 2.24) is 14.8 Å². The van der Waals surface area contributed by atoms with Crippen LogP contribution in [-0.2, 0) is 6.42 Å². The molecule has 3 heterocycles. The summed E-state index contributed by atoms with van der Waals surface area (Å²) in [5.74, 6) is 1.12. The predicted molar refractivity (Wildman–Crippen MR) is 101 cm³/mol. The maximum absolute atomic E-state index is 4.89. The second-order valence-corrected chi connectivity index (χ2v) is 6.91. The van der Waals surface area contributed by atoms with Crippen LogP contribution in [0.4, 0.5) is 5.82 Å². The Morgan fingerprint density at radius 1 is 1.04 bits per heavy atom. The molecule has 5 heteroatoms. The van der Waals surface area contributed by atoms with Crippen LogP contribution in [0.15, 0.2) is 48.7 Å². The highest BCUT2D eigenvalue weighted by molar-refractivity contribution is 14.1. The number of nitrogens with zero attached hydrogens (tertiary/aromatic N) is 3. The van der Waals surface area contributed by atoms with E-state index in [4.69, 9.17) is 5.10 Å². The summed E-state index contributed by atoms with van der Waals surface area (Å²) in [6, 6.07) is 14.4. The number of fused-ring (bicyclic) bond motifs is 1. The molecular formula is C18H17IN4. The Bertz CT molecular complexity index is 809. The average molecular weight is 416 g/mol. The average Bonchev–Trinajstić information content (AvgIpc) is 2.78. The number of pyridine rings is 1. The Hall–Kier alpha value is -1.89. The zero-order chi connectivity index (χ0) is 15.6. The summed E-state index contributed by atoms with van der Waals surface area (Å²) in [5.41, 5.74) is 4.29. The van der Waals surface area contributed by atoms with E-state index in [9.17, 15) is 0 Å². The number of benzene rings is 1. The normalized spacial score (nSPS) is 14.0. The van der Waals surface area contributed by atoms with Crippen molar-refractivity contribution in [3.05, 3.63) is 57.8 Å². The lowest BCUT2D eigenvalue weighted by Gasteiger charge is -2.09. The van der Waals surface area contributed by atoms with E-state index in [0.717, 1.165) is 35.9 Å². The third kappa shape index (κ3) is 2.85. The van der Waals surface area contributed by atoms with Crippen molar-refractivity contribution < 1.29 is 0 Å². The van der Waals surface area contributed by atoms with Crippen molar-refractivity contribution in [2.24, 2.45) is 0 Å². The van der Waals surface area contributed by atoms with E-state index in [0.29, 0.717) is 0 Å². The molecule has 3 aromatic rings. The van der Waals surface area contributed by atoms with Gasteiger partial charge in [0.15, 0.2) is 0 Å². The molecule has 1 N–H and O–H groups in total. The van der Waals surface area contributed by atoms with Gasteiger partial charge in [0.2, 0.25) is 0 Å². The minimum Gasteiger partial charge on any atom is -0.370 e. The summed E-state index contributed by atoms with van der Waals surface area (Å²) in [7, 11) is 0. The van der Waals surface area contributed by atoms with E-state index < -0.39 is 0 Å². The van der Waals surface area contributed by atoms with Crippen LogP contribution in [0.1, 0.15) is 18.4 Å². The van der Waals surface area contributed by atoms with Gasteiger partial charge in [0.25, 0.3) is 0 Å². The van der Waals surface area contributed by atoms with Gasteiger partial charge in [-0.05, 0) is 78.3 Å². The summed E-state index contributed by atoms with van der Waals surface area (Å²) in [5, 5.41) is 8.46. The number of rotatable bonds is 2. The highest BCUT2D eigenvalue weighted by atomic mass is 127. The van der Waals surface area contributed by atoms with E-state index >= 15 is 0 Å². The van der Waals surface area contributed by atoms with E-state index in [1.165, 1.54) is 22.0 Å². The molecule has 0 unspecified atom stereocenters. The van der Waals surface area contributed by atoms with Gasteiger partial charge >= 0.3 is 0 Å². The summed E-state index contributed by atoms with van der Waals surface area (Å²) in [6.07, 6.45) is 5.23. The Morgan fingerprint density at radius 3 is 2.70 bits per heavy atom. The lowest BCUT2D eigenvalue weighted by atomic mass is 10.1. The van der Waals surface area contributed by atoms with Crippen LogP contribution in [0, 0.1) is 3.57 Å². The van der Waals surface area contributed by atoms with Crippen molar-refractivity contribution in [2.45, 2.75) is 19.3 Å². The molecule has 23 heavy (non-hydrogen) atoms. The number of hydrogen-bond acceptors (Lipinski definition) is 3. The van der Waals surface area contributed by atoms with Gasteiger partial charge in [0, 0.05) is 21.9 Å². The summed E-state index contributed by atoms with van der Waals surface area (Å²) in [4.78, 5) is 4.50. The fourth-order valence-corrected chi connectivity index (χ4v) is 3.34. The third-order valence-corrected chi connectivity index (χ3v) is 4.83. The van der Waals surface area contributed by atoms with E-state index in [2.05, 4.69) is 57.2 Å². The Labute approximate surface area is 149 Å². The summed E-state index contributed by atoms with van der Waals surface area (Å²) >= 11 is 2.32. The quantitative estimate of drug-likeness (QED) is 0.634. The minimum absolute atomic E-state index is 0.941. The largest absolute Gasteiger partial charge is 0.370 e. The Balaban J connectivity index is 1.89. The molecule has 0 saturated heterocycles. The maximum Gasteiger partial charge on any atom is 0.133 e. The molecule has 0 spiro atoms. The molecule has 0 fully saturated rings. The summed E-state index contributed by atoms with van der Waals surface area (Å²) in [6.45, 7) is 0.991. The molecule has 4 rings (SSSR count). The zero-order valence-corrected chi connectivity index (χ0v) is 14.8. The Kier molecular flexibility index (Phi) is 4.03. The number of nitrogens with one attached hydrogen (secondary N) is 1. The van der Waals surface area contributed by atoms with Crippen LogP contribution in [-0.4, -0.2) is 21.3 Å². The first kappa shape index (κ1) is 14.7. The van der Waals surface area contributed by atoms with Gasteiger partial charge in [-0.15, -0.1) is 0 Å². The van der Waals surface area contributed by atoms with E-state index in [-0.39, 0.29) is 0 Å². The molecule has 0 aliphatic carbocycles. The molecule has 1 aliphatic heterocycles. The molecule has 1 aliphatic rings. The second kappa shape index (κ2) is 6.31. The molecule has 4 nitrogen and oxygen atoms in total. The number of aromatic nitrogens is 3. The van der Waals surface area contributed by atoms with E-state index in [1.807, 2.05) is 29.1 Å². The van der Waals surface area contributed by atoms with Gasteiger partial charge in [-0.3, -0.25) is 4.98 Å². The fourth-order valence-electron chi connectivity index (χ4n) is 2.98. The number of hydrogen-bond donors (Lipinski definition) is 1. The SMILES string of the molecule is Ic1ccc(-n2nc(-c3ccccn3)c3c2NCCCC3)cc1. The standard InChI is InChI=1S/C18H17IN4/c19-13-7-9-14(10-8-13)23-18-15(5-1-3-12-21-18)17(22-23)16-6-2-4-11-20-16/h2,4,6-11,21H,1,3,5,12H2. The first-order valence-electron chi connectivity index (χ1n) is 7.86. The molecule has 0 amide bonds. The topological polar surface area (TPSA) is 42.7 Å². The fraction of sp³-hybridized carbons (Fsp3) is 0.222. The molecule has 0 atom stereocenters. The molecular weight excluding hydrogens is 399 g/mol. The van der Waals surface area contributed by atoms with Crippen molar-refractivity contribution in [3.63, 3.8) is 0 Å². The van der Waals surface area contributed by atoms with Gasteiger partial charge in [0.05, 0.1) is 11.4 Å².